The Morgan fingerprint density at radius 2 is 1.65 bits per heavy atom. The van der Waals surface area contributed by atoms with Gasteiger partial charge < -0.3 is 19.1 Å². The van der Waals surface area contributed by atoms with E-state index in [9.17, 15) is 21.6 Å². The van der Waals surface area contributed by atoms with E-state index in [0.717, 1.165) is 44.0 Å². The molecule has 2 aliphatic heterocycles. The van der Waals surface area contributed by atoms with Gasteiger partial charge in [-0.2, -0.15) is 23.2 Å². The molecule has 274 valence electrons. The molecule has 0 aliphatic carbocycles. The maximum atomic E-state index is 15.0. The van der Waals surface area contributed by atoms with E-state index in [1.165, 1.54) is 24.5 Å². The summed E-state index contributed by atoms with van der Waals surface area (Å²) in [4.78, 5) is 17.1. The quantitative estimate of drug-likeness (QED) is 0.129. The molecule has 2 saturated heterocycles. The number of nitrogens with zero attached hydrogens (tertiary/aromatic N) is 6. The minimum absolute atomic E-state index is 0.0650. The van der Waals surface area contributed by atoms with Gasteiger partial charge in [-0.3, -0.25) is 0 Å². The Bertz CT molecular complexity index is 1890. The van der Waals surface area contributed by atoms with Crippen molar-refractivity contribution < 1.29 is 35.1 Å². The van der Waals surface area contributed by atoms with E-state index in [0.29, 0.717) is 42.1 Å². The van der Waals surface area contributed by atoms with E-state index in [-0.39, 0.29) is 35.4 Å². The lowest BCUT2D eigenvalue weighted by Gasteiger charge is -2.33. The summed E-state index contributed by atoms with van der Waals surface area (Å²) in [7, 11) is -4.24. The number of anilines is 2. The largest absolute Gasteiger partial charge is 0.490 e. The van der Waals surface area contributed by atoms with Gasteiger partial charge >= 0.3 is 16.1 Å². The molecule has 2 aromatic carbocycles. The molecule has 0 bridgehead atoms. The molecule has 4 heterocycles. The van der Waals surface area contributed by atoms with Crippen LogP contribution in [0, 0.1) is 36.2 Å². The molecule has 16 heteroatoms. The molecule has 4 aromatic rings. The number of nitrogens with one attached hydrogen (secondary N) is 1. The Morgan fingerprint density at radius 3 is 2.31 bits per heavy atom. The fraction of sp³-hybridized carbons (Fsp3) is 0.486. The van der Waals surface area contributed by atoms with Crippen molar-refractivity contribution in [3.8, 4) is 5.75 Å². The van der Waals surface area contributed by atoms with Crippen LogP contribution < -0.4 is 20.0 Å². The molecular formula is C35H42F3N7O5S. The molecule has 2 fully saturated rings. The Kier molecular flexibility index (Phi) is 11.1. The summed E-state index contributed by atoms with van der Waals surface area (Å²) in [6, 6.07) is 7.04. The molecule has 6 rings (SSSR count). The second-order valence-corrected chi connectivity index (χ2v) is 15.2. The minimum Gasteiger partial charge on any atom is -0.490 e. The number of halogens is 3. The Morgan fingerprint density at radius 1 is 0.961 bits per heavy atom. The molecular weight excluding hydrogens is 687 g/mol. The molecule has 51 heavy (non-hydrogen) atoms. The third kappa shape index (κ3) is 8.61. The molecule has 2 unspecified atom stereocenters. The van der Waals surface area contributed by atoms with Gasteiger partial charge in [0.05, 0.1) is 29.9 Å². The third-order valence-electron chi connectivity index (χ3n) is 9.68. The van der Waals surface area contributed by atoms with Crippen LogP contribution in [0.3, 0.4) is 0 Å². The van der Waals surface area contributed by atoms with Crippen molar-refractivity contribution in [2.75, 3.05) is 42.6 Å². The highest BCUT2D eigenvalue weighted by atomic mass is 32.2. The second kappa shape index (κ2) is 15.5. The number of aryl methyl sites for hydroxylation is 1. The van der Waals surface area contributed by atoms with Crippen LogP contribution in [-0.2, 0) is 14.4 Å². The molecule has 1 N–H and O–H groups in total. The number of hydrogen-bond donors (Lipinski definition) is 1. The first-order valence-electron chi connectivity index (χ1n) is 17.1. The average molecular weight is 730 g/mol. The minimum atomic E-state index is -4.24. The van der Waals surface area contributed by atoms with Crippen LogP contribution in [0.2, 0.25) is 0 Å². The molecule has 0 radical (unpaired) electrons. The average Bonchev–Trinajstić information content (AvgIpc) is 3.78. The summed E-state index contributed by atoms with van der Waals surface area (Å²) in [6.07, 6.45) is 5.95. The van der Waals surface area contributed by atoms with Crippen LogP contribution >= 0.6 is 0 Å². The van der Waals surface area contributed by atoms with E-state index < -0.39 is 39.5 Å². The lowest BCUT2D eigenvalue weighted by Crippen LogP contribution is -2.37. The number of hydroxylamine groups is 1. The van der Waals surface area contributed by atoms with Crippen LogP contribution in [0.4, 0.5) is 25.1 Å². The summed E-state index contributed by atoms with van der Waals surface area (Å²) >= 11 is 0. The van der Waals surface area contributed by atoms with Crippen molar-refractivity contribution in [3.63, 3.8) is 0 Å². The van der Waals surface area contributed by atoms with Crippen LogP contribution in [0.15, 0.2) is 58.2 Å². The van der Waals surface area contributed by atoms with Crippen molar-refractivity contribution >= 4 is 22.1 Å². The van der Waals surface area contributed by atoms with E-state index >= 15 is 0 Å². The fourth-order valence-electron chi connectivity index (χ4n) is 6.50. The van der Waals surface area contributed by atoms with E-state index in [1.54, 1.807) is 17.0 Å². The molecule has 2 aromatic heterocycles. The van der Waals surface area contributed by atoms with Gasteiger partial charge in [-0.25, -0.2) is 23.1 Å². The first kappa shape index (κ1) is 36.5. The molecule has 12 nitrogen and oxygen atoms in total. The van der Waals surface area contributed by atoms with Crippen LogP contribution in [0.1, 0.15) is 68.8 Å². The van der Waals surface area contributed by atoms with E-state index in [2.05, 4.69) is 37.4 Å². The normalized spacial score (nSPS) is 19.2. The van der Waals surface area contributed by atoms with Gasteiger partial charge in [-0.05, 0) is 61.8 Å². The zero-order chi connectivity index (χ0) is 36.3. The number of hydrogen-bond acceptors (Lipinski definition) is 12. The van der Waals surface area contributed by atoms with Crippen molar-refractivity contribution in [1.29, 1.82) is 0 Å². The molecule has 0 saturated carbocycles. The second-order valence-electron chi connectivity index (χ2n) is 13.6. The van der Waals surface area contributed by atoms with Gasteiger partial charge in [0.25, 0.3) is 0 Å². The van der Waals surface area contributed by atoms with Crippen LogP contribution in [0.25, 0.3) is 0 Å². The van der Waals surface area contributed by atoms with Gasteiger partial charge in [0, 0.05) is 44.1 Å². The molecule has 0 spiro atoms. The molecule has 3 atom stereocenters. The number of rotatable bonds is 13. The first-order chi connectivity index (χ1) is 24.4. The Balaban J connectivity index is 1.04. The monoisotopic (exact) mass is 729 g/mol. The summed E-state index contributed by atoms with van der Waals surface area (Å²) in [5.74, 6) is -1.72. The number of aromatic nitrogens is 4. The highest BCUT2D eigenvalue weighted by Crippen LogP contribution is 2.34. The first-order valence-corrected chi connectivity index (χ1v) is 18.5. The van der Waals surface area contributed by atoms with E-state index in [1.807, 2.05) is 20.8 Å². The summed E-state index contributed by atoms with van der Waals surface area (Å²) in [5.41, 5.74) is 3.26. The number of benzene rings is 2. The summed E-state index contributed by atoms with van der Waals surface area (Å²) in [6.45, 7) is 10.5. The van der Waals surface area contributed by atoms with Gasteiger partial charge in [0.1, 0.15) is 5.82 Å². The number of ether oxygens (including phenoxy) is 1. The van der Waals surface area contributed by atoms with Crippen LogP contribution in [0.5, 0.6) is 5.75 Å². The molecule has 2 aliphatic rings. The zero-order valence-corrected chi connectivity index (χ0v) is 29.7. The lowest BCUT2D eigenvalue weighted by atomic mass is 9.84. The van der Waals surface area contributed by atoms with Crippen molar-refractivity contribution in [1.82, 2.24) is 25.6 Å². The predicted molar refractivity (Wildman–Crippen MR) is 182 cm³/mol. The Labute approximate surface area is 295 Å². The standard InChI is InChI=1S/C35H42F3N7O5S/c1-21(2)33-41-35(49-43-33)44-12-9-24(10-13-44)23(4)11-14-48-25-17-39-34(40-18-25)45-19-28(27-15-30(37)31(38)16-29(27)36)32(20-45)42-50-51(46,47)26-7-5-22(3)6-8-26/h5-8,15-18,21,23-24,28,32,42H,9-14,19-20H2,1-4H3/t23-,28?,32?/m1/s1. The topological polar surface area (TPSA) is 136 Å². The van der Waals surface area contributed by atoms with Gasteiger partial charge in [-0.15, -0.1) is 0 Å². The molecule has 0 amide bonds. The van der Waals surface area contributed by atoms with Crippen molar-refractivity contribution in [2.45, 2.75) is 69.7 Å². The highest BCUT2D eigenvalue weighted by molar-refractivity contribution is 7.86. The highest BCUT2D eigenvalue weighted by Gasteiger charge is 2.38. The van der Waals surface area contributed by atoms with Gasteiger partial charge in [0.2, 0.25) is 5.95 Å². The van der Waals surface area contributed by atoms with Gasteiger partial charge in [-0.1, -0.05) is 43.6 Å². The summed E-state index contributed by atoms with van der Waals surface area (Å²) in [5, 5.41) is 4.07. The maximum absolute atomic E-state index is 15.0. The SMILES string of the molecule is Cc1ccc(S(=O)(=O)ONC2CN(c3ncc(OCC[C@@H](C)C4CCN(c5nc(C(C)C)no5)CC4)cn3)CC2c2cc(F)c(F)cc2F)cc1. The van der Waals surface area contributed by atoms with Gasteiger partial charge in [0.15, 0.2) is 23.2 Å². The third-order valence-corrected chi connectivity index (χ3v) is 10.8. The summed E-state index contributed by atoms with van der Waals surface area (Å²) < 4.78 is 85.3. The van der Waals surface area contributed by atoms with Crippen LogP contribution in [-0.4, -0.2) is 67.4 Å². The van der Waals surface area contributed by atoms with Crippen molar-refractivity contribution in [3.05, 3.63) is 83.2 Å². The Hall–Kier alpha value is -4.28. The zero-order valence-electron chi connectivity index (χ0n) is 28.9. The lowest BCUT2D eigenvalue weighted by molar-refractivity contribution is 0.162. The van der Waals surface area contributed by atoms with Crippen molar-refractivity contribution in [2.24, 2.45) is 11.8 Å². The smallest absolute Gasteiger partial charge is 0.324 e. The number of piperidine rings is 1. The van der Waals surface area contributed by atoms with E-state index in [4.69, 9.17) is 13.5 Å². The maximum Gasteiger partial charge on any atom is 0.324 e. The predicted octanol–water partition coefficient (Wildman–Crippen LogP) is 5.91. The fourth-order valence-corrected chi connectivity index (χ4v) is 7.31.